The van der Waals surface area contributed by atoms with Crippen LogP contribution >= 0.6 is 23.2 Å². The van der Waals surface area contributed by atoms with E-state index in [-0.39, 0.29) is 28.6 Å². The van der Waals surface area contributed by atoms with Crippen LogP contribution in [0.1, 0.15) is 21.8 Å². The number of hydrogen-bond donors (Lipinski definition) is 1. The summed E-state index contributed by atoms with van der Waals surface area (Å²) in [6.07, 6.45) is 1.43. The van der Waals surface area contributed by atoms with E-state index in [2.05, 4.69) is 5.32 Å². The highest BCUT2D eigenvalue weighted by molar-refractivity contribution is 6.34. The van der Waals surface area contributed by atoms with E-state index >= 15 is 8.78 Å². The molecule has 0 aliphatic carbocycles. The highest BCUT2D eigenvalue weighted by Crippen LogP contribution is 2.37. The SMILES string of the molecule is COc1cc(F)c([C@@H]2CN(c3c(Cl)ccn(C)c3=O)C(=O)[C@H]2NC(=O)c2ccc(Cl)cc2)c(F)c1. The van der Waals surface area contributed by atoms with Crippen LogP contribution in [0.2, 0.25) is 10.0 Å². The van der Waals surface area contributed by atoms with Gasteiger partial charge in [-0.05, 0) is 30.3 Å². The monoisotopic (exact) mass is 521 g/mol. The van der Waals surface area contributed by atoms with Crippen LogP contribution in [0.4, 0.5) is 14.5 Å². The Morgan fingerprint density at radius 3 is 2.31 bits per heavy atom. The number of anilines is 1. The highest BCUT2D eigenvalue weighted by atomic mass is 35.5. The fraction of sp³-hybridized carbons (Fsp3) is 0.208. The quantitative estimate of drug-likeness (QED) is 0.552. The van der Waals surface area contributed by atoms with Crippen LogP contribution in [-0.2, 0) is 11.8 Å². The van der Waals surface area contributed by atoms with Gasteiger partial charge in [-0.25, -0.2) is 8.78 Å². The van der Waals surface area contributed by atoms with E-state index in [0.717, 1.165) is 17.0 Å². The number of pyridine rings is 1. The van der Waals surface area contributed by atoms with E-state index in [1.165, 1.54) is 55.3 Å². The summed E-state index contributed by atoms with van der Waals surface area (Å²) >= 11 is 12.1. The van der Waals surface area contributed by atoms with Gasteiger partial charge < -0.3 is 19.5 Å². The van der Waals surface area contributed by atoms with E-state index in [1.54, 1.807) is 0 Å². The van der Waals surface area contributed by atoms with E-state index in [9.17, 15) is 14.4 Å². The van der Waals surface area contributed by atoms with E-state index < -0.39 is 46.5 Å². The van der Waals surface area contributed by atoms with Crippen molar-refractivity contribution >= 4 is 40.7 Å². The first-order valence-corrected chi connectivity index (χ1v) is 11.1. The second-order valence-corrected chi connectivity index (χ2v) is 8.79. The van der Waals surface area contributed by atoms with Crippen LogP contribution in [0.3, 0.4) is 0 Å². The van der Waals surface area contributed by atoms with Crippen molar-refractivity contribution in [3.05, 3.63) is 91.8 Å². The molecule has 11 heteroatoms. The Bertz CT molecular complexity index is 1360. The molecule has 1 fully saturated rings. The molecular formula is C24H19Cl2F2N3O4. The number of rotatable bonds is 5. The standard InChI is InChI=1S/C24H19Cl2F2N3O4/c1-30-8-7-16(26)21(24(30)34)31-11-15(19-17(27)9-14(35-2)10-18(19)28)20(23(31)33)29-22(32)12-3-5-13(25)6-4-12/h3-10,15,20H,11H2,1-2H3,(H,29,32)/t15-,20-/m0/s1. The van der Waals surface area contributed by atoms with Gasteiger partial charge in [0.2, 0.25) is 5.91 Å². The summed E-state index contributed by atoms with van der Waals surface area (Å²) in [6.45, 7) is -0.302. The maximum atomic E-state index is 15.0. The molecule has 0 spiro atoms. The van der Waals surface area contributed by atoms with Gasteiger partial charge in [-0.15, -0.1) is 0 Å². The molecule has 1 saturated heterocycles. The third-order valence-corrected chi connectivity index (χ3v) is 6.39. The third kappa shape index (κ3) is 4.61. The lowest BCUT2D eigenvalue weighted by molar-refractivity contribution is -0.118. The number of carbonyl (C=O) groups is 2. The average Bonchev–Trinajstić information content (AvgIpc) is 3.12. The Morgan fingerprint density at radius 2 is 1.71 bits per heavy atom. The molecule has 1 aliphatic rings. The Kier molecular flexibility index (Phi) is 6.82. The van der Waals surface area contributed by atoms with Crippen molar-refractivity contribution in [3.8, 4) is 5.75 Å². The minimum Gasteiger partial charge on any atom is -0.497 e. The second kappa shape index (κ2) is 9.67. The maximum absolute atomic E-state index is 15.0. The molecule has 35 heavy (non-hydrogen) atoms. The first kappa shape index (κ1) is 24.7. The van der Waals surface area contributed by atoms with Crippen LogP contribution in [0.5, 0.6) is 5.75 Å². The van der Waals surface area contributed by atoms with Gasteiger partial charge in [0.05, 0.1) is 12.1 Å². The van der Waals surface area contributed by atoms with Gasteiger partial charge in [-0.3, -0.25) is 14.4 Å². The predicted molar refractivity (Wildman–Crippen MR) is 127 cm³/mol. The Hall–Kier alpha value is -3.43. The van der Waals surface area contributed by atoms with Crippen LogP contribution in [0.25, 0.3) is 0 Å². The van der Waals surface area contributed by atoms with E-state index in [1.807, 2.05) is 0 Å². The summed E-state index contributed by atoms with van der Waals surface area (Å²) in [5, 5.41) is 2.95. The molecule has 2 atom stereocenters. The first-order valence-electron chi connectivity index (χ1n) is 10.4. The summed E-state index contributed by atoms with van der Waals surface area (Å²) in [7, 11) is 2.74. The zero-order chi connectivity index (χ0) is 25.4. The van der Waals surface area contributed by atoms with Gasteiger partial charge in [0.1, 0.15) is 29.1 Å². The number of methoxy groups -OCH3 is 1. The molecule has 1 aliphatic heterocycles. The smallest absolute Gasteiger partial charge is 0.275 e. The number of halogens is 4. The number of aromatic nitrogens is 1. The number of ether oxygens (including phenoxy) is 1. The summed E-state index contributed by atoms with van der Waals surface area (Å²) in [6, 6.07) is 7.88. The zero-order valence-corrected chi connectivity index (χ0v) is 20.0. The van der Waals surface area contributed by atoms with Crippen molar-refractivity contribution < 1.29 is 23.1 Å². The van der Waals surface area contributed by atoms with Gasteiger partial charge in [0, 0.05) is 54.0 Å². The average molecular weight is 522 g/mol. The fourth-order valence-electron chi connectivity index (χ4n) is 4.05. The molecule has 4 rings (SSSR count). The number of aryl methyl sites for hydroxylation is 1. The molecule has 1 aromatic heterocycles. The fourth-order valence-corrected chi connectivity index (χ4v) is 4.42. The molecule has 2 heterocycles. The van der Waals surface area contributed by atoms with E-state index in [4.69, 9.17) is 27.9 Å². The molecule has 2 amide bonds. The van der Waals surface area contributed by atoms with Crippen molar-refractivity contribution in [2.24, 2.45) is 7.05 Å². The second-order valence-electron chi connectivity index (χ2n) is 7.95. The molecule has 7 nitrogen and oxygen atoms in total. The lowest BCUT2D eigenvalue weighted by Crippen LogP contribution is -2.44. The number of benzene rings is 2. The Balaban J connectivity index is 1.80. The number of nitrogens with zero attached hydrogens (tertiary/aromatic N) is 2. The van der Waals surface area contributed by atoms with Crippen LogP contribution in [0, 0.1) is 11.6 Å². The first-order chi connectivity index (χ1) is 16.6. The van der Waals surface area contributed by atoms with Crippen molar-refractivity contribution in [2.45, 2.75) is 12.0 Å². The lowest BCUT2D eigenvalue weighted by Gasteiger charge is -2.20. The summed E-state index contributed by atoms with van der Waals surface area (Å²) in [5.41, 5.74) is -0.968. The zero-order valence-electron chi connectivity index (χ0n) is 18.5. The van der Waals surface area contributed by atoms with E-state index in [0.29, 0.717) is 5.02 Å². The van der Waals surface area contributed by atoms with Crippen molar-refractivity contribution in [3.63, 3.8) is 0 Å². The number of hydrogen-bond acceptors (Lipinski definition) is 4. The van der Waals surface area contributed by atoms with Crippen LogP contribution in [-0.4, -0.2) is 36.1 Å². The Labute approximate surface area is 208 Å². The van der Waals surface area contributed by atoms with Crippen molar-refractivity contribution in [1.82, 2.24) is 9.88 Å². The molecule has 0 radical (unpaired) electrons. The highest BCUT2D eigenvalue weighted by Gasteiger charge is 2.46. The van der Waals surface area contributed by atoms with Gasteiger partial charge in [0.15, 0.2) is 0 Å². The topological polar surface area (TPSA) is 80.6 Å². The largest absolute Gasteiger partial charge is 0.497 e. The lowest BCUT2D eigenvalue weighted by atomic mass is 9.92. The third-order valence-electron chi connectivity index (χ3n) is 5.83. The predicted octanol–water partition coefficient (Wildman–Crippen LogP) is 3.91. The number of carbonyl (C=O) groups excluding carboxylic acids is 2. The molecule has 2 aromatic carbocycles. The Morgan fingerprint density at radius 1 is 1.09 bits per heavy atom. The minimum atomic E-state index is -1.39. The van der Waals surface area contributed by atoms with Crippen molar-refractivity contribution in [1.29, 1.82) is 0 Å². The van der Waals surface area contributed by atoms with Crippen LogP contribution < -0.4 is 20.5 Å². The summed E-state index contributed by atoms with van der Waals surface area (Å²) in [5.74, 6) is -4.54. The van der Waals surface area contributed by atoms with Gasteiger partial charge in [-0.2, -0.15) is 0 Å². The summed E-state index contributed by atoms with van der Waals surface area (Å²) < 4.78 is 36.2. The van der Waals surface area contributed by atoms with Gasteiger partial charge in [0.25, 0.3) is 11.5 Å². The molecular weight excluding hydrogens is 503 g/mol. The molecule has 3 aromatic rings. The number of nitrogens with one attached hydrogen (secondary N) is 1. The summed E-state index contributed by atoms with van der Waals surface area (Å²) in [4.78, 5) is 40.2. The van der Waals surface area contributed by atoms with Gasteiger partial charge >= 0.3 is 0 Å². The van der Waals surface area contributed by atoms with Crippen molar-refractivity contribution in [2.75, 3.05) is 18.6 Å². The molecule has 1 N–H and O–H groups in total. The van der Waals surface area contributed by atoms with Crippen LogP contribution in [0.15, 0.2) is 53.5 Å². The molecule has 0 unspecified atom stereocenters. The number of amides is 2. The molecule has 182 valence electrons. The molecule has 0 saturated carbocycles. The maximum Gasteiger partial charge on any atom is 0.275 e. The minimum absolute atomic E-state index is 0.0134. The molecule has 0 bridgehead atoms. The normalized spacial score (nSPS) is 17.5. The van der Waals surface area contributed by atoms with Gasteiger partial charge in [-0.1, -0.05) is 23.2 Å².